The number of rotatable bonds is 5. The molecule has 0 amide bonds. The normalized spacial score (nSPS) is 12.5. The SMILES string of the molecule is CCCCC(C)Nc1ncnc(Cl)c1C. The minimum absolute atomic E-state index is 0.426. The van der Waals surface area contributed by atoms with E-state index in [1.54, 1.807) is 0 Å². The molecule has 1 rings (SSSR count). The maximum Gasteiger partial charge on any atom is 0.137 e. The summed E-state index contributed by atoms with van der Waals surface area (Å²) < 4.78 is 0. The summed E-state index contributed by atoms with van der Waals surface area (Å²) in [6, 6.07) is 0.426. The van der Waals surface area contributed by atoms with E-state index in [0.717, 1.165) is 17.8 Å². The van der Waals surface area contributed by atoms with Gasteiger partial charge < -0.3 is 5.32 Å². The van der Waals surface area contributed by atoms with Crippen LogP contribution in [-0.4, -0.2) is 16.0 Å². The van der Waals surface area contributed by atoms with Crippen LogP contribution in [0.1, 0.15) is 38.7 Å². The molecular formula is C11H18ClN3. The Kier molecular flexibility index (Phi) is 4.82. The van der Waals surface area contributed by atoms with Crippen LogP contribution in [0.4, 0.5) is 5.82 Å². The molecule has 0 bridgehead atoms. The molecule has 1 unspecified atom stereocenters. The van der Waals surface area contributed by atoms with Crippen molar-refractivity contribution < 1.29 is 0 Å². The molecule has 0 saturated heterocycles. The van der Waals surface area contributed by atoms with Gasteiger partial charge in [0.05, 0.1) is 0 Å². The van der Waals surface area contributed by atoms with E-state index in [1.165, 1.54) is 19.2 Å². The van der Waals surface area contributed by atoms with Crippen molar-refractivity contribution in [1.29, 1.82) is 0 Å². The van der Waals surface area contributed by atoms with Crippen molar-refractivity contribution >= 4 is 17.4 Å². The van der Waals surface area contributed by atoms with Gasteiger partial charge in [0, 0.05) is 11.6 Å². The van der Waals surface area contributed by atoms with Crippen molar-refractivity contribution in [1.82, 2.24) is 9.97 Å². The van der Waals surface area contributed by atoms with E-state index in [2.05, 4.69) is 29.1 Å². The zero-order valence-electron chi connectivity index (χ0n) is 9.55. The molecule has 1 aromatic rings. The fourth-order valence-electron chi connectivity index (χ4n) is 1.39. The topological polar surface area (TPSA) is 37.8 Å². The Morgan fingerprint density at radius 1 is 1.47 bits per heavy atom. The van der Waals surface area contributed by atoms with Crippen LogP contribution >= 0.6 is 11.6 Å². The first-order valence-corrected chi connectivity index (χ1v) is 5.76. The predicted molar refractivity (Wildman–Crippen MR) is 64.4 cm³/mol. The van der Waals surface area contributed by atoms with Crippen LogP contribution in [0.25, 0.3) is 0 Å². The minimum Gasteiger partial charge on any atom is -0.367 e. The summed E-state index contributed by atoms with van der Waals surface area (Å²) in [6.07, 6.45) is 5.09. The number of halogens is 1. The van der Waals surface area contributed by atoms with Gasteiger partial charge in [-0.1, -0.05) is 31.4 Å². The van der Waals surface area contributed by atoms with E-state index >= 15 is 0 Å². The van der Waals surface area contributed by atoms with Gasteiger partial charge in [-0.2, -0.15) is 0 Å². The lowest BCUT2D eigenvalue weighted by molar-refractivity contribution is 0.642. The minimum atomic E-state index is 0.426. The van der Waals surface area contributed by atoms with Gasteiger partial charge in [-0.05, 0) is 20.3 Å². The molecule has 0 radical (unpaired) electrons. The summed E-state index contributed by atoms with van der Waals surface area (Å²) >= 11 is 5.91. The van der Waals surface area contributed by atoms with Crippen molar-refractivity contribution in [3.8, 4) is 0 Å². The first-order chi connectivity index (χ1) is 7.15. The van der Waals surface area contributed by atoms with Crippen molar-refractivity contribution in [3.05, 3.63) is 17.0 Å². The molecule has 1 heterocycles. The van der Waals surface area contributed by atoms with E-state index in [1.807, 2.05) is 6.92 Å². The molecule has 1 N–H and O–H groups in total. The maximum absolute atomic E-state index is 5.91. The third kappa shape index (κ3) is 3.67. The average molecular weight is 228 g/mol. The Labute approximate surface area is 96.3 Å². The number of hydrogen-bond donors (Lipinski definition) is 1. The Bertz CT molecular complexity index is 315. The third-order valence-electron chi connectivity index (χ3n) is 2.40. The van der Waals surface area contributed by atoms with Crippen LogP contribution < -0.4 is 5.32 Å². The van der Waals surface area contributed by atoms with E-state index in [-0.39, 0.29) is 0 Å². The second-order valence-corrected chi connectivity index (χ2v) is 4.18. The van der Waals surface area contributed by atoms with Gasteiger partial charge in [-0.15, -0.1) is 0 Å². The zero-order chi connectivity index (χ0) is 11.3. The molecule has 0 aromatic carbocycles. The highest BCUT2D eigenvalue weighted by molar-refractivity contribution is 6.30. The summed E-state index contributed by atoms with van der Waals surface area (Å²) in [5.74, 6) is 0.846. The van der Waals surface area contributed by atoms with Gasteiger partial charge in [0.1, 0.15) is 17.3 Å². The number of anilines is 1. The van der Waals surface area contributed by atoms with E-state index in [4.69, 9.17) is 11.6 Å². The third-order valence-corrected chi connectivity index (χ3v) is 2.78. The molecule has 1 aromatic heterocycles. The lowest BCUT2D eigenvalue weighted by atomic mass is 10.1. The smallest absolute Gasteiger partial charge is 0.137 e. The van der Waals surface area contributed by atoms with Crippen LogP contribution in [0.2, 0.25) is 5.15 Å². The second-order valence-electron chi connectivity index (χ2n) is 3.83. The van der Waals surface area contributed by atoms with Crippen molar-refractivity contribution in [2.24, 2.45) is 0 Å². The number of unbranched alkanes of at least 4 members (excludes halogenated alkanes) is 1. The lowest BCUT2D eigenvalue weighted by Crippen LogP contribution is -2.16. The summed E-state index contributed by atoms with van der Waals surface area (Å²) in [5, 5.41) is 3.87. The molecule has 15 heavy (non-hydrogen) atoms. The van der Waals surface area contributed by atoms with Gasteiger partial charge in [0.2, 0.25) is 0 Å². The summed E-state index contributed by atoms with van der Waals surface area (Å²) in [6.45, 7) is 6.28. The monoisotopic (exact) mass is 227 g/mol. The van der Waals surface area contributed by atoms with Gasteiger partial charge in [0.15, 0.2) is 0 Å². The van der Waals surface area contributed by atoms with Crippen LogP contribution in [0.3, 0.4) is 0 Å². The maximum atomic E-state index is 5.91. The highest BCUT2D eigenvalue weighted by Gasteiger charge is 2.07. The van der Waals surface area contributed by atoms with Gasteiger partial charge in [-0.25, -0.2) is 9.97 Å². The lowest BCUT2D eigenvalue weighted by Gasteiger charge is -2.15. The van der Waals surface area contributed by atoms with E-state index in [9.17, 15) is 0 Å². The number of nitrogens with one attached hydrogen (secondary N) is 1. The molecule has 0 saturated carbocycles. The molecule has 0 aliphatic heterocycles. The molecule has 0 spiro atoms. The van der Waals surface area contributed by atoms with E-state index < -0.39 is 0 Å². The van der Waals surface area contributed by atoms with Crippen LogP contribution in [-0.2, 0) is 0 Å². The molecule has 3 nitrogen and oxygen atoms in total. The van der Waals surface area contributed by atoms with Crippen molar-refractivity contribution in [2.45, 2.75) is 46.1 Å². The predicted octanol–water partition coefficient (Wildman–Crippen LogP) is 3.43. The molecule has 0 fully saturated rings. The van der Waals surface area contributed by atoms with Crippen LogP contribution in [0.5, 0.6) is 0 Å². The summed E-state index contributed by atoms with van der Waals surface area (Å²) in [5.41, 5.74) is 0.919. The Morgan fingerprint density at radius 3 is 2.87 bits per heavy atom. The van der Waals surface area contributed by atoms with Gasteiger partial charge in [-0.3, -0.25) is 0 Å². The largest absolute Gasteiger partial charge is 0.367 e. The zero-order valence-corrected chi connectivity index (χ0v) is 10.3. The van der Waals surface area contributed by atoms with Crippen LogP contribution in [0, 0.1) is 6.92 Å². The number of nitrogens with zero attached hydrogens (tertiary/aromatic N) is 2. The molecule has 1 atom stereocenters. The molecule has 84 valence electrons. The first-order valence-electron chi connectivity index (χ1n) is 5.38. The molecule has 4 heteroatoms. The second kappa shape index (κ2) is 5.91. The Hall–Kier alpha value is -0.830. The van der Waals surface area contributed by atoms with Crippen molar-refractivity contribution in [3.63, 3.8) is 0 Å². The van der Waals surface area contributed by atoms with Crippen molar-refractivity contribution in [2.75, 3.05) is 5.32 Å². The highest BCUT2D eigenvalue weighted by atomic mass is 35.5. The molecule has 0 aliphatic carbocycles. The first kappa shape index (κ1) is 12.2. The number of aromatic nitrogens is 2. The van der Waals surface area contributed by atoms with Crippen LogP contribution in [0.15, 0.2) is 6.33 Å². The molecule has 0 aliphatic rings. The standard InChI is InChI=1S/C11H18ClN3/c1-4-5-6-8(2)15-11-9(3)10(12)13-7-14-11/h7-8H,4-6H2,1-3H3,(H,13,14,15). The van der Waals surface area contributed by atoms with Gasteiger partial charge in [0.25, 0.3) is 0 Å². The average Bonchev–Trinajstić information content (AvgIpc) is 2.22. The highest BCUT2D eigenvalue weighted by Crippen LogP contribution is 2.19. The molecular weight excluding hydrogens is 210 g/mol. The Balaban J connectivity index is 2.60. The summed E-state index contributed by atoms with van der Waals surface area (Å²) in [7, 11) is 0. The Morgan fingerprint density at radius 2 is 2.20 bits per heavy atom. The fraction of sp³-hybridized carbons (Fsp3) is 0.636. The van der Waals surface area contributed by atoms with E-state index in [0.29, 0.717) is 11.2 Å². The quantitative estimate of drug-likeness (QED) is 0.784. The fourth-order valence-corrected chi connectivity index (χ4v) is 1.52. The summed E-state index contributed by atoms with van der Waals surface area (Å²) in [4.78, 5) is 8.10. The number of hydrogen-bond acceptors (Lipinski definition) is 3. The van der Waals surface area contributed by atoms with Gasteiger partial charge >= 0.3 is 0 Å².